The summed E-state index contributed by atoms with van der Waals surface area (Å²) in [6, 6.07) is 25.5. The second-order valence-corrected chi connectivity index (χ2v) is 8.21. The van der Waals surface area contributed by atoms with Gasteiger partial charge in [-0.15, -0.1) is 0 Å². The topological polar surface area (TPSA) is 80.3 Å². The number of ether oxygens (including phenoxy) is 1. The Morgan fingerprint density at radius 3 is 2.09 bits per heavy atom. The standard InChI is InChI=1S/C26H23N3O3S/c1-2-17-32-21-15-13-20(14-16-21)24(31)29-26-27-22(18-9-5-3-6-10-18)25(33-26)28-23(30)19-11-7-4-8-12-19/h3-16H,2,17H2,1H3,(H,28,30)(H,27,29,31). The molecule has 0 aliphatic carbocycles. The lowest BCUT2D eigenvalue weighted by Crippen LogP contribution is -2.11. The molecule has 0 aliphatic rings. The Morgan fingerprint density at radius 1 is 0.818 bits per heavy atom. The number of rotatable bonds is 8. The van der Waals surface area contributed by atoms with E-state index >= 15 is 0 Å². The van der Waals surface area contributed by atoms with Crippen molar-refractivity contribution in [3.05, 3.63) is 96.1 Å². The second kappa shape index (κ2) is 10.6. The molecule has 2 N–H and O–H groups in total. The highest BCUT2D eigenvalue weighted by Gasteiger charge is 2.18. The van der Waals surface area contributed by atoms with Gasteiger partial charge in [0.2, 0.25) is 0 Å². The van der Waals surface area contributed by atoms with Crippen LogP contribution in [0.4, 0.5) is 10.1 Å². The normalized spacial score (nSPS) is 10.5. The van der Waals surface area contributed by atoms with Crippen LogP contribution < -0.4 is 15.4 Å². The van der Waals surface area contributed by atoms with Crippen LogP contribution in [0.2, 0.25) is 0 Å². The molecule has 1 heterocycles. The minimum Gasteiger partial charge on any atom is -0.494 e. The molecular formula is C26H23N3O3S. The van der Waals surface area contributed by atoms with Gasteiger partial charge in [-0.05, 0) is 42.8 Å². The van der Waals surface area contributed by atoms with Gasteiger partial charge >= 0.3 is 0 Å². The lowest BCUT2D eigenvalue weighted by Gasteiger charge is -2.05. The van der Waals surface area contributed by atoms with E-state index in [9.17, 15) is 9.59 Å². The van der Waals surface area contributed by atoms with Crippen LogP contribution in [0.3, 0.4) is 0 Å². The van der Waals surface area contributed by atoms with Crippen LogP contribution in [0.15, 0.2) is 84.9 Å². The van der Waals surface area contributed by atoms with Crippen molar-refractivity contribution in [2.45, 2.75) is 13.3 Å². The quantitative estimate of drug-likeness (QED) is 0.335. The number of nitrogens with zero attached hydrogens (tertiary/aromatic N) is 1. The SMILES string of the molecule is CCCOc1ccc(C(=O)Nc2nc(-c3ccccc3)c(NC(=O)c3ccccc3)s2)cc1. The van der Waals surface area contributed by atoms with E-state index in [2.05, 4.69) is 15.6 Å². The molecule has 2 amide bonds. The first kappa shape index (κ1) is 22.2. The number of nitrogens with one attached hydrogen (secondary N) is 2. The number of anilines is 2. The third kappa shape index (κ3) is 5.64. The van der Waals surface area contributed by atoms with Gasteiger partial charge in [0.1, 0.15) is 16.4 Å². The van der Waals surface area contributed by atoms with Crippen molar-refractivity contribution in [2.75, 3.05) is 17.2 Å². The van der Waals surface area contributed by atoms with Gasteiger partial charge in [0.25, 0.3) is 11.8 Å². The van der Waals surface area contributed by atoms with Gasteiger partial charge in [-0.3, -0.25) is 14.9 Å². The van der Waals surface area contributed by atoms with Gasteiger partial charge in [-0.1, -0.05) is 66.8 Å². The molecule has 6 nitrogen and oxygen atoms in total. The second-order valence-electron chi connectivity index (χ2n) is 7.21. The Labute approximate surface area is 196 Å². The Hall–Kier alpha value is -3.97. The minimum absolute atomic E-state index is 0.239. The van der Waals surface area contributed by atoms with Crippen molar-refractivity contribution in [1.29, 1.82) is 0 Å². The molecule has 0 unspecified atom stereocenters. The molecule has 4 aromatic rings. The van der Waals surface area contributed by atoms with Crippen LogP contribution >= 0.6 is 11.3 Å². The van der Waals surface area contributed by atoms with Gasteiger partial charge in [-0.2, -0.15) is 0 Å². The summed E-state index contributed by atoms with van der Waals surface area (Å²) >= 11 is 1.21. The molecule has 33 heavy (non-hydrogen) atoms. The Kier molecular flexibility index (Phi) is 7.12. The zero-order chi connectivity index (χ0) is 23.0. The van der Waals surface area contributed by atoms with Crippen LogP contribution in [0.1, 0.15) is 34.1 Å². The Morgan fingerprint density at radius 2 is 1.42 bits per heavy atom. The third-order valence-corrected chi connectivity index (χ3v) is 5.63. The van der Waals surface area contributed by atoms with E-state index in [1.807, 2.05) is 55.5 Å². The molecule has 0 atom stereocenters. The largest absolute Gasteiger partial charge is 0.494 e. The van der Waals surface area contributed by atoms with Gasteiger partial charge in [-0.25, -0.2) is 4.98 Å². The Bertz CT molecular complexity index is 1220. The average molecular weight is 458 g/mol. The molecule has 0 spiro atoms. The molecule has 0 saturated heterocycles. The third-order valence-electron chi connectivity index (χ3n) is 4.75. The predicted molar refractivity (Wildman–Crippen MR) is 132 cm³/mol. The van der Waals surface area contributed by atoms with Crippen LogP contribution in [-0.4, -0.2) is 23.4 Å². The van der Waals surface area contributed by atoms with Crippen molar-refractivity contribution in [3.8, 4) is 17.0 Å². The molecular weight excluding hydrogens is 434 g/mol. The van der Waals surface area contributed by atoms with Crippen molar-refractivity contribution < 1.29 is 14.3 Å². The number of thiazole rings is 1. The summed E-state index contributed by atoms with van der Waals surface area (Å²) in [5, 5.41) is 6.74. The number of benzene rings is 3. The van der Waals surface area contributed by atoms with E-state index in [0.29, 0.717) is 33.6 Å². The molecule has 166 valence electrons. The molecule has 0 bridgehead atoms. The number of carbonyl (C=O) groups is 2. The molecule has 0 fully saturated rings. The van der Waals surface area contributed by atoms with E-state index in [1.54, 1.807) is 36.4 Å². The summed E-state index contributed by atoms with van der Waals surface area (Å²) in [5.41, 5.74) is 2.48. The van der Waals surface area contributed by atoms with E-state index < -0.39 is 0 Å². The molecule has 0 radical (unpaired) electrons. The number of amides is 2. The average Bonchev–Trinajstić information content (AvgIpc) is 3.26. The lowest BCUT2D eigenvalue weighted by atomic mass is 10.1. The summed E-state index contributed by atoms with van der Waals surface area (Å²) in [6.45, 7) is 2.67. The van der Waals surface area contributed by atoms with Crippen molar-refractivity contribution in [3.63, 3.8) is 0 Å². The first-order valence-electron chi connectivity index (χ1n) is 10.6. The zero-order valence-electron chi connectivity index (χ0n) is 18.1. The monoisotopic (exact) mass is 457 g/mol. The maximum absolute atomic E-state index is 12.8. The van der Waals surface area contributed by atoms with Crippen molar-refractivity contribution in [2.24, 2.45) is 0 Å². The molecule has 1 aromatic heterocycles. The fourth-order valence-corrected chi connectivity index (χ4v) is 3.98. The first-order chi connectivity index (χ1) is 16.1. The zero-order valence-corrected chi connectivity index (χ0v) is 18.9. The number of aromatic nitrogens is 1. The highest BCUT2D eigenvalue weighted by molar-refractivity contribution is 7.20. The molecule has 3 aromatic carbocycles. The van der Waals surface area contributed by atoms with Gasteiger partial charge in [0.15, 0.2) is 5.13 Å². The van der Waals surface area contributed by atoms with Crippen LogP contribution in [0.25, 0.3) is 11.3 Å². The van der Waals surface area contributed by atoms with Crippen LogP contribution in [-0.2, 0) is 0 Å². The number of hydrogen-bond donors (Lipinski definition) is 2. The fraction of sp³-hybridized carbons (Fsp3) is 0.115. The van der Waals surface area contributed by atoms with E-state index in [0.717, 1.165) is 17.7 Å². The summed E-state index contributed by atoms with van der Waals surface area (Å²) in [4.78, 5) is 30.1. The van der Waals surface area contributed by atoms with E-state index in [-0.39, 0.29) is 11.8 Å². The highest BCUT2D eigenvalue weighted by Crippen LogP contribution is 2.36. The fourth-order valence-electron chi connectivity index (χ4n) is 3.11. The van der Waals surface area contributed by atoms with E-state index in [4.69, 9.17) is 4.74 Å². The van der Waals surface area contributed by atoms with Gasteiger partial charge in [0.05, 0.1) is 6.61 Å². The highest BCUT2D eigenvalue weighted by atomic mass is 32.1. The first-order valence-corrected chi connectivity index (χ1v) is 11.4. The van der Waals surface area contributed by atoms with Gasteiger partial charge < -0.3 is 10.1 Å². The van der Waals surface area contributed by atoms with Gasteiger partial charge in [0, 0.05) is 16.7 Å². The van der Waals surface area contributed by atoms with Crippen LogP contribution in [0, 0.1) is 0 Å². The molecule has 4 rings (SSSR count). The van der Waals surface area contributed by atoms with Crippen molar-refractivity contribution >= 4 is 33.3 Å². The number of hydrogen-bond acceptors (Lipinski definition) is 5. The molecule has 7 heteroatoms. The minimum atomic E-state index is -0.286. The summed E-state index contributed by atoms with van der Waals surface area (Å²) < 4.78 is 5.57. The molecule has 0 aliphatic heterocycles. The Balaban J connectivity index is 1.56. The number of carbonyl (C=O) groups excluding carboxylic acids is 2. The lowest BCUT2D eigenvalue weighted by molar-refractivity contribution is 0.101. The summed E-state index contributed by atoms with van der Waals surface area (Å²) in [5.74, 6) is 0.197. The maximum Gasteiger partial charge on any atom is 0.257 e. The molecule has 0 saturated carbocycles. The summed E-state index contributed by atoms with van der Waals surface area (Å²) in [7, 11) is 0. The summed E-state index contributed by atoms with van der Waals surface area (Å²) in [6.07, 6.45) is 0.916. The smallest absolute Gasteiger partial charge is 0.257 e. The predicted octanol–water partition coefficient (Wildman–Crippen LogP) is 6.10. The van der Waals surface area contributed by atoms with Crippen LogP contribution in [0.5, 0.6) is 5.75 Å². The van der Waals surface area contributed by atoms with Crippen molar-refractivity contribution in [1.82, 2.24) is 4.98 Å². The van der Waals surface area contributed by atoms with E-state index in [1.165, 1.54) is 11.3 Å². The maximum atomic E-state index is 12.8.